The van der Waals surface area contributed by atoms with E-state index in [1.165, 1.54) is 51.4 Å². The van der Waals surface area contributed by atoms with Crippen LogP contribution in [0.4, 0.5) is 0 Å². The molecule has 0 N–H and O–H groups in total. The van der Waals surface area contributed by atoms with Gasteiger partial charge in [-0.2, -0.15) is 0 Å². The lowest BCUT2D eigenvalue weighted by molar-refractivity contribution is -0.00518. The zero-order chi connectivity index (χ0) is 12.8. The van der Waals surface area contributed by atoms with Crippen molar-refractivity contribution in [3.8, 4) is 0 Å². The van der Waals surface area contributed by atoms with Crippen molar-refractivity contribution in [3.63, 3.8) is 0 Å². The van der Waals surface area contributed by atoms with E-state index in [9.17, 15) is 0 Å². The lowest BCUT2D eigenvalue weighted by Gasteiger charge is -2.30. The van der Waals surface area contributed by atoms with Crippen LogP contribution in [0.2, 0.25) is 0 Å². The van der Waals surface area contributed by atoms with Crippen molar-refractivity contribution in [2.24, 2.45) is 17.8 Å². The van der Waals surface area contributed by atoms with E-state index in [0.717, 1.165) is 24.4 Å². The van der Waals surface area contributed by atoms with Crippen LogP contribution < -0.4 is 0 Å². The van der Waals surface area contributed by atoms with Crippen LogP contribution in [0.5, 0.6) is 0 Å². The Morgan fingerprint density at radius 3 is 1.78 bits per heavy atom. The van der Waals surface area contributed by atoms with Gasteiger partial charge in [0, 0.05) is 6.61 Å². The Morgan fingerprint density at radius 2 is 1.28 bits per heavy atom. The Balaban J connectivity index is 1.61. The van der Waals surface area contributed by atoms with Crippen molar-refractivity contribution >= 4 is 0 Å². The van der Waals surface area contributed by atoms with Crippen LogP contribution in [0.25, 0.3) is 0 Å². The molecule has 1 heteroatoms. The quantitative estimate of drug-likeness (QED) is 0.638. The molecule has 0 atom stereocenters. The molecule has 0 radical (unpaired) electrons. The molecule has 0 bridgehead atoms. The van der Waals surface area contributed by atoms with Gasteiger partial charge in [-0.3, -0.25) is 0 Å². The third-order valence-corrected chi connectivity index (χ3v) is 4.84. The van der Waals surface area contributed by atoms with Gasteiger partial charge in [0.1, 0.15) is 0 Å². The molecule has 2 saturated carbocycles. The molecule has 0 saturated heterocycles. The Bertz CT molecular complexity index is 227. The van der Waals surface area contributed by atoms with E-state index in [1.54, 1.807) is 0 Å². The molecule has 2 aliphatic carbocycles. The minimum absolute atomic E-state index is 0.526. The molecule has 1 nitrogen and oxygen atoms in total. The summed E-state index contributed by atoms with van der Waals surface area (Å²) in [6.45, 7) is 8.79. The van der Waals surface area contributed by atoms with E-state index in [4.69, 9.17) is 4.74 Å². The van der Waals surface area contributed by atoms with Crippen LogP contribution >= 0.6 is 0 Å². The zero-order valence-corrected chi connectivity index (χ0v) is 11.7. The summed E-state index contributed by atoms with van der Waals surface area (Å²) in [7, 11) is 0. The van der Waals surface area contributed by atoms with E-state index in [0.29, 0.717) is 6.10 Å². The van der Waals surface area contributed by atoms with E-state index < -0.39 is 0 Å². The van der Waals surface area contributed by atoms with Crippen LogP contribution in [0.3, 0.4) is 0 Å². The molecule has 0 spiro atoms. The van der Waals surface area contributed by atoms with Crippen LogP contribution in [-0.2, 0) is 4.74 Å². The summed E-state index contributed by atoms with van der Waals surface area (Å²) in [5.74, 6) is 2.32. The Morgan fingerprint density at radius 1 is 0.778 bits per heavy atom. The number of rotatable bonds is 5. The Hall–Kier alpha value is -0.560. The largest absolute Gasteiger partial charge is 0.378 e. The molecule has 0 unspecified atom stereocenters. The van der Waals surface area contributed by atoms with Crippen molar-refractivity contribution in [2.75, 3.05) is 6.61 Å². The molecule has 0 aromatic rings. The predicted octanol–water partition coefficient (Wildman–Crippen LogP) is 4.74. The van der Waals surface area contributed by atoms with Gasteiger partial charge in [-0.15, -0.1) is 13.2 Å². The van der Waals surface area contributed by atoms with Crippen LogP contribution in [0, 0.1) is 17.8 Å². The molecular formula is C17H28O. The van der Waals surface area contributed by atoms with Gasteiger partial charge in [0.15, 0.2) is 0 Å². The maximum absolute atomic E-state index is 6.12. The first kappa shape index (κ1) is 13.9. The minimum atomic E-state index is 0.526. The third-order valence-electron chi connectivity index (χ3n) is 4.84. The highest BCUT2D eigenvalue weighted by atomic mass is 16.5. The average Bonchev–Trinajstić information content (AvgIpc) is 2.46. The summed E-state index contributed by atoms with van der Waals surface area (Å²) >= 11 is 0. The number of hydrogen-bond acceptors (Lipinski definition) is 1. The lowest BCUT2D eigenvalue weighted by Crippen LogP contribution is -2.25. The molecule has 2 fully saturated rings. The van der Waals surface area contributed by atoms with Gasteiger partial charge >= 0.3 is 0 Å². The number of ether oxygens (including phenoxy) is 1. The first-order valence-corrected chi connectivity index (χ1v) is 7.68. The number of allylic oxidation sites excluding steroid dienone is 2. The van der Waals surface area contributed by atoms with Crippen molar-refractivity contribution in [1.29, 1.82) is 0 Å². The van der Waals surface area contributed by atoms with E-state index >= 15 is 0 Å². The minimum Gasteiger partial charge on any atom is -0.378 e. The monoisotopic (exact) mass is 248 g/mol. The predicted molar refractivity (Wildman–Crippen MR) is 77.5 cm³/mol. The molecule has 0 amide bonds. The van der Waals surface area contributed by atoms with Crippen molar-refractivity contribution < 1.29 is 4.74 Å². The third kappa shape index (κ3) is 3.98. The fraction of sp³-hybridized carbons (Fsp3) is 0.765. The van der Waals surface area contributed by atoms with Gasteiger partial charge in [0.05, 0.1) is 6.10 Å². The summed E-state index contributed by atoms with van der Waals surface area (Å²) in [5.41, 5.74) is 0. The van der Waals surface area contributed by atoms with E-state index in [1.807, 2.05) is 0 Å². The normalized spacial score (nSPS) is 37.1. The fourth-order valence-electron chi connectivity index (χ4n) is 3.35. The zero-order valence-electron chi connectivity index (χ0n) is 11.7. The van der Waals surface area contributed by atoms with Crippen molar-refractivity contribution in [2.45, 2.75) is 57.5 Å². The second-order valence-corrected chi connectivity index (χ2v) is 6.12. The summed E-state index contributed by atoms with van der Waals surface area (Å²) in [5, 5.41) is 0. The maximum atomic E-state index is 6.12. The summed E-state index contributed by atoms with van der Waals surface area (Å²) in [4.78, 5) is 0. The molecule has 0 aromatic carbocycles. The van der Waals surface area contributed by atoms with Gasteiger partial charge in [-0.05, 0) is 69.1 Å². The van der Waals surface area contributed by atoms with Gasteiger partial charge in [-0.1, -0.05) is 12.2 Å². The lowest BCUT2D eigenvalue weighted by atomic mass is 9.82. The van der Waals surface area contributed by atoms with Crippen LogP contribution in [-0.4, -0.2) is 12.7 Å². The van der Waals surface area contributed by atoms with Crippen LogP contribution in [0.15, 0.2) is 25.3 Å². The summed E-state index contributed by atoms with van der Waals surface area (Å²) in [6, 6.07) is 0. The first-order valence-electron chi connectivity index (χ1n) is 7.68. The second-order valence-electron chi connectivity index (χ2n) is 6.12. The maximum Gasteiger partial charge on any atom is 0.0575 e. The second kappa shape index (κ2) is 7.13. The molecule has 102 valence electrons. The van der Waals surface area contributed by atoms with Gasteiger partial charge in [-0.25, -0.2) is 0 Å². The van der Waals surface area contributed by atoms with Gasteiger partial charge < -0.3 is 4.74 Å². The SMILES string of the molecule is C=CC1CCC(COC2CCC(C=C)CC2)CC1. The van der Waals surface area contributed by atoms with Crippen molar-refractivity contribution in [1.82, 2.24) is 0 Å². The fourth-order valence-corrected chi connectivity index (χ4v) is 3.35. The molecule has 0 heterocycles. The van der Waals surface area contributed by atoms with Crippen LogP contribution in [0.1, 0.15) is 51.4 Å². The highest BCUT2D eigenvalue weighted by molar-refractivity contribution is 4.86. The Kier molecular flexibility index (Phi) is 5.49. The summed E-state index contributed by atoms with van der Waals surface area (Å²) < 4.78 is 6.12. The molecule has 2 aliphatic rings. The smallest absolute Gasteiger partial charge is 0.0575 e. The topological polar surface area (TPSA) is 9.23 Å². The van der Waals surface area contributed by atoms with E-state index in [2.05, 4.69) is 25.3 Å². The average molecular weight is 248 g/mol. The molecular weight excluding hydrogens is 220 g/mol. The van der Waals surface area contributed by atoms with Crippen molar-refractivity contribution in [3.05, 3.63) is 25.3 Å². The molecule has 0 aromatic heterocycles. The highest BCUT2D eigenvalue weighted by Gasteiger charge is 2.23. The standard InChI is InChI=1S/C17H28O/c1-3-14-5-7-16(8-6-14)13-18-17-11-9-15(4-2)10-12-17/h3-4,14-17H,1-2,5-13H2. The number of hydrogen-bond donors (Lipinski definition) is 0. The molecule has 18 heavy (non-hydrogen) atoms. The van der Waals surface area contributed by atoms with E-state index in [-0.39, 0.29) is 0 Å². The molecule has 2 rings (SSSR count). The molecule has 0 aliphatic heterocycles. The summed E-state index contributed by atoms with van der Waals surface area (Å²) in [6.07, 6.45) is 15.1. The highest BCUT2D eigenvalue weighted by Crippen LogP contribution is 2.31. The van der Waals surface area contributed by atoms with Gasteiger partial charge in [0.25, 0.3) is 0 Å². The van der Waals surface area contributed by atoms with Gasteiger partial charge in [0.2, 0.25) is 0 Å². The Labute approximate surface area is 112 Å². The first-order chi connectivity index (χ1) is 8.81.